The summed E-state index contributed by atoms with van der Waals surface area (Å²) in [6.45, 7) is 0. The molecule has 0 aliphatic heterocycles. The van der Waals surface area contributed by atoms with Gasteiger partial charge >= 0.3 is 0 Å². The molecule has 0 radical (unpaired) electrons. The molecule has 2 rings (SSSR count). The predicted octanol–water partition coefficient (Wildman–Crippen LogP) is 3.01. The zero-order valence-corrected chi connectivity index (χ0v) is 11.1. The average Bonchev–Trinajstić information content (AvgIpc) is 2.30. The molecule has 17 heavy (non-hydrogen) atoms. The van der Waals surface area contributed by atoms with E-state index in [4.69, 9.17) is 11.6 Å². The summed E-state index contributed by atoms with van der Waals surface area (Å²) < 4.78 is 0. The second-order valence-electron chi connectivity index (χ2n) is 3.34. The second kappa shape index (κ2) is 5.42. The van der Waals surface area contributed by atoms with Gasteiger partial charge in [0.1, 0.15) is 0 Å². The number of nitrogens with zero attached hydrogens (tertiary/aromatic N) is 2. The van der Waals surface area contributed by atoms with E-state index in [1.807, 2.05) is 24.3 Å². The van der Waals surface area contributed by atoms with Crippen molar-refractivity contribution in [1.82, 2.24) is 9.97 Å². The Morgan fingerprint density at radius 2 is 1.94 bits per heavy atom. The highest BCUT2D eigenvalue weighted by Gasteiger charge is 2.09. The summed E-state index contributed by atoms with van der Waals surface area (Å²) in [7, 11) is 0. The molecule has 0 spiro atoms. The number of fused-ring (bicyclic) bond motifs is 1. The number of hydrogen-bond acceptors (Lipinski definition) is 3. The van der Waals surface area contributed by atoms with Crippen molar-refractivity contribution in [3.8, 4) is 0 Å². The lowest BCUT2D eigenvalue weighted by atomic mass is 10.3. The van der Waals surface area contributed by atoms with Gasteiger partial charge in [-0.2, -0.15) is 0 Å². The van der Waals surface area contributed by atoms with Crippen LogP contribution in [0.4, 0.5) is 5.82 Å². The summed E-state index contributed by atoms with van der Waals surface area (Å²) in [5.74, 6) is 0.157. The van der Waals surface area contributed by atoms with E-state index in [1.54, 1.807) is 0 Å². The Hall–Kier alpha value is -1.20. The Kier molecular flexibility index (Phi) is 3.91. The van der Waals surface area contributed by atoms with Gasteiger partial charge in [-0.1, -0.05) is 39.7 Å². The van der Waals surface area contributed by atoms with Crippen molar-refractivity contribution < 1.29 is 4.79 Å². The quantitative estimate of drug-likeness (QED) is 0.886. The van der Waals surface area contributed by atoms with E-state index < -0.39 is 0 Å². The van der Waals surface area contributed by atoms with Gasteiger partial charge in [0.25, 0.3) is 0 Å². The molecule has 0 fully saturated rings. The standard InChI is InChI=1S/C11H9BrClN3O/c12-6-5-9(17)16-11-10(13)14-7-3-1-2-4-8(7)15-11/h1-4H,5-6H2,(H,15,16,17). The highest BCUT2D eigenvalue weighted by molar-refractivity contribution is 9.09. The summed E-state index contributed by atoms with van der Waals surface area (Å²) >= 11 is 9.14. The fourth-order valence-corrected chi connectivity index (χ4v) is 1.88. The van der Waals surface area contributed by atoms with Crippen LogP contribution in [0, 0.1) is 0 Å². The third-order valence-corrected chi connectivity index (χ3v) is 2.77. The van der Waals surface area contributed by atoms with E-state index in [9.17, 15) is 4.79 Å². The van der Waals surface area contributed by atoms with Crippen molar-refractivity contribution in [2.45, 2.75) is 6.42 Å². The molecule has 0 aliphatic carbocycles. The van der Waals surface area contributed by atoms with Crippen LogP contribution in [0.5, 0.6) is 0 Å². The van der Waals surface area contributed by atoms with Crippen LogP contribution in [-0.2, 0) is 4.79 Å². The average molecular weight is 315 g/mol. The van der Waals surface area contributed by atoms with Gasteiger partial charge in [-0.05, 0) is 12.1 Å². The normalized spacial score (nSPS) is 10.5. The molecule has 0 aliphatic rings. The summed E-state index contributed by atoms with van der Waals surface area (Å²) in [5, 5.41) is 3.42. The number of para-hydroxylation sites is 2. The summed E-state index contributed by atoms with van der Waals surface area (Å²) in [6, 6.07) is 7.35. The maximum absolute atomic E-state index is 11.4. The molecular formula is C11H9BrClN3O. The number of aromatic nitrogens is 2. The molecule has 1 N–H and O–H groups in total. The van der Waals surface area contributed by atoms with Gasteiger partial charge < -0.3 is 5.32 Å². The van der Waals surface area contributed by atoms with E-state index in [1.165, 1.54) is 0 Å². The van der Waals surface area contributed by atoms with Crippen molar-refractivity contribution in [2.24, 2.45) is 0 Å². The van der Waals surface area contributed by atoms with Crippen LogP contribution in [0.2, 0.25) is 5.15 Å². The largest absolute Gasteiger partial charge is 0.308 e. The number of nitrogens with one attached hydrogen (secondary N) is 1. The number of carbonyl (C=O) groups is 1. The van der Waals surface area contributed by atoms with Gasteiger partial charge in [0.05, 0.1) is 11.0 Å². The van der Waals surface area contributed by atoms with Gasteiger partial charge in [-0.15, -0.1) is 0 Å². The highest BCUT2D eigenvalue weighted by Crippen LogP contribution is 2.20. The number of carbonyl (C=O) groups excluding carboxylic acids is 1. The molecule has 0 atom stereocenters. The molecule has 6 heteroatoms. The van der Waals surface area contributed by atoms with Crippen molar-refractivity contribution >= 4 is 50.3 Å². The van der Waals surface area contributed by atoms with Crippen LogP contribution in [0.1, 0.15) is 6.42 Å². The third-order valence-electron chi connectivity index (χ3n) is 2.11. The van der Waals surface area contributed by atoms with Crippen LogP contribution >= 0.6 is 27.5 Å². The molecule has 0 bridgehead atoms. The van der Waals surface area contributed by atoms with E-state index in [-0.39, 0.29) is 11.1 Å². The number of anilines is 1. The first-order valence-corrected chi connectivity index (χ1v) is 6.49. The van der Waals surface area contributed by atoms with Crippen LogP contribution in [-0.4, -0.2) is 21.2 Å². The fourth-order valence-electron chi connectivity index (χ4n) is 1.34. The number of amides is 1. The van der Waals surface area contributed by atoms with Gasteiger partial charge in [-0.25, -0.2) is 9.97 Å². The van der Waals surface area contributed by atoms with Crippen molar-refractivity contribution in [3.05, 3.63) is 29.4 Å². The maximum atomic E-state index is 11.4. The Morgan fingerprint density at radius 1 is 1.29 bits per heavy atom. The minimum Gasteiger partial charge on any atom is -0.308 e. The molecule has 88 valence electrons. The minimum atomic E-state index is -0.145. The Balaban J connectivity index is 2.34. The number of alkyl halides is 1. The molecule has 1 aromatic carbocycles. The first-order chi connectivity index (χ1) is 8.20. The Morgan fingerprint density at radius 3 is 2.59 bits per heavy atom. The van der Waals surface area contributed by atoms with E-state index >= 15 is 0 Å². The smallest absolute Gasteiger partial charge is 0.226 e. The van der Waals surface area contributed by atoms with Crippen LogP contribution in [0.15, 0.2) is 24.3 Å². The van der Waals surface area contributed by atoms with Crippen LogP contribution in [0.3, 0.4) is 0 Å². The summed E-state index contributed by atoms with van der Waals surface area (Å²) in [6.07, 6.45) is 0.366. The number of benzene rings is 1. The Labute approximate surface area is 112 Å². The topological polar surface area (TPSA) is 54.9 Å². The lowest BCUT2D eigenvalue weighted by molar-refractivity contribution is -0.115. The monoisotopic (exact) mass is 313 g/mol. The lowest BCUT2D eigenvalue weighted by Crippen LogP contribution is -2.13. The SMILES string of the molecule is O=C(CCBr)Nc1nc2ccccc2nc1Cl. The third kappa shape index (κ3) is 2.92. The molecule has 1 aromatic heterocycles. The van der Waals surface area contributed by atoms with Crippen molar-refractivity contribution in [2.75, 3.05) is 10.6 Å². The van der Waals surface area contributed by atoms with E-state index in [2.05, 4.69) is 31.2 Å². The summed E-state index contributed by atoms with van der Waals surface area (Å²) in [5.41, 5.74) is 1.40. The van der Waals surface area contributed by atoms with Gasteiger partial charge in [0.2, 0.25) is 5.91 Å². The number of rotatable bonds is 3. The van der Waals surface area contributed by atoms with Crippen molar-refractivity contribution in [3.63, 3.8) is 0 Å². The molecule has 0 saturated carbocycles. The van der Waals surface area contributed by atoms with Gasteiger partial charge in [0, 0.05) is 11.8 Å². The van der Waals surface area contributed by atoms with Crippen LogP contribution < -0.4 is 5.32 Å². The first-order valence-electron chi connectivity index (χ1n) is 4.99. The zero-order chi connectivity index (χ0) is 12.3. The van der Waals surface area contributed by atoms with Crippen molar-refractivity contribution in [1.29, 1.82) is 0 Å². The molecule has 1 amide bonds. The summed E-state index contributed by atoms with van der Waals surface area (Å²) in [4.78, 5) is 19.9. The fraction of sp³-hybridized carbons (Fsp3) is 0.182. The molecule has 0 unspecified atom stereocenters. The minimum absolute atomic E-state index is 0.145. The predicted molar refractivity (Wildman–Crippen MR) is 71.6 cm³/mol. The second-order valence-corrected chi connectivity index (χ2v) is 4.49. The van der Waals surface area contributed by atoms with E-state index in [0.717, 1.165) is 0 Å². The lowest BCUT2D eigenvalue weighted by Gasteiger charge is -2.06. The zero-order valence-electron chi connectivity index (χ0n) is 8.78. The molecule has 0 saturated heterocycles. The molecule has 2 aromatic rings. The van der Waals surface area contributed by atoms with Gasteiger partial charge in [-0.3, -0.25) is 4.79 Å². The molecular weight excluding hydrogens is 305 g/mol. The number of hydrogen-bond donors (Lipinski definition) is 1. The molecule has 1 heterocycles. The number of halogens is 2. The first kappa shape index (κ1) is 12.3. The highest BCUT2D eigenvalue weighted by atomic mass is 79.9. The maximum Gasteiger partial charge on any atom is 0.226 e. The Bertz CT molecular complexity index is 561. The van der Waals surface area contributed by atoms with E-state index in [0.29, 0.717) is 28.6 Å². The van der Waals surface area contributed by atoms with Crippen LogP contribution in [0.25, 0.3) is 11.0 Å². The molecule has 4 nitrogen and oxygen atoms in total. The van der Waals surface area contributed by atoms with Gasteiger partial charge in [0.15, 0.2) is 11.0 Å².